The highest BCUT2D eigenvalue weighted by molar-refractivity contribution is 7.09. The van der Waals surface area contributed by atoms with Gasteiger partial charge in [-0.2, -0.15) is 0 Å². The summed E-state index contributed by atoms with van der Waals surface area (Å²) < 4.78 is 5.63. The van der Waals surface area contributed by atoms with Gasteiger partial charge >= 0.3 is 5.97 Å². The van der Waals surface area contributed by atoms with Crippen molar-refractivity contribution in [1.29, 1.82) is 0 Å². The summed E-state index contributed by atoms with van der Waals surface area (Å²) in [6.45, 7) is 4.46. The molecule has 2 unspecified atom stereocenters. The van der Waals surface area contributed by atoms with Gasteiger partial charge in [-0.15, -0.1) is 11.3 Å². The average Bonchev–Trinajstić information content (AvgIpc) is 2.77. The molecular weight excluding hydrogens is 250 g/mol. The van der Waals surface area contributed by atoms with E-state index < -0.39 is 11.5 Å². The molecule has 2 atom stereocenters. The molecule has 2 rings (SSSR count). The van der Waals surface area contributed by atoms with E-state index in [2.05, 4.69) is 5.32 Å². The molecule has 1 aromatic heterocycles. The van der Waals surface area contributed by atoms with E-state index in [1.165, 1.54) is 0 Å². The zero-order valence-corrected chi connectivity index (χ0v) is 11.5. The van der Waals surface area contributed by atoms with Crippen LogP contribution in [0.5, 0.6) is 0 Å². The van der Waals surface area contributed by atoms with Crippen molar-refractivity contribution in [2.45, 2.75) is 51.0 Å². The Balaban J connectivity index is 2.08. The Kier molecular flexibility index (Phi) is 4.04. The SMILES string of the molecule is CC1CC(NCc2cccs2)(C(=O)O)CC(C)O1. The first-order valence-electron chi connectivity index (χ1n) is 6.18. The van der Waals surface area contributed by atoms with Crippen LogP contribution < -0.4 is 5.32 Å². The third-order valence-electron chi connectivity index (χ3n) is 3.33. The third kappa shape index (κ3) is 2.91. The van der Waals surface area contributed by atoms with Crippen molar-refractivity contribution in [2.24, 2.45) is 0 Å². The van der Waals surface area contributed by atoms with Crippen LogP contribution in [0.1, 0.15) is 31.6 Å². The highest BCUT2D eigenvalue weighted by atomic mass is 32.1. The first-order chi connectivity index (χ1) is 8.52. The second-order valence-corrected chi connectivity index (χ2v) is 6.02. The number of carbonyl (C=O) groups is 1. The van der Waals surface area contributed by atoms with Crippen LogP contribution in [0.15, 0.2) is 17.5 Å². The molecule has 1 saturated heterocycles. The lowest BCUT2D eigenvalue weighted by Gasteiger charge is -2.40. The van der Waals surface area contributed by atoms with Crippen molar-refractivity contribution in [1.82, 2.24) is 5.32 Å². The largest absolute Gasteiger partial charge is 0.480 e. The van der Waals surface area contributed by atoms with E-state index in [1.807, 2.05) is 31.4 Å². The Morgan fingerprint density at radius 1 is 1.56 bits per heavy atom. The molecule has 0 aliphatic carbocycles. The third-order valence-corrected chi connectivity index (χ3v) is 4.20. The number of ether oxygens (including phenoxy) is 1. The Morgan fingerprint density at radius 3 is 2.72 bits per heavy atom. The van der Waals surface area contributed by atoms with Gasteiger partial charge in [-0.25, -0.2) is 0 Å². The number of thiophene rings is 1. The van der Waals surface area contributed by atoms with Gasteiger partial charge in [-0.3, -0.25) is 10.1 Å². The summed E-state index contributed by atoms with van der Waals surface area (Å²) in [5.74, 6) is -0.777. The van der Waals surface area contributed by atoms with Crippen molar-refractivity contribution in [3.8, 4) is 0 Å². The minimum atomic E-state index is -0.860. The molecule has 1 fully saturated rings. The molecule has 1 aromatic rings. The molecule has 5 heteroatoms. The number of carboxylic acids is 1. The Hall–Kier alpha value is -0.910. The van der Waals surface area contributed by atoms with Crippen LogP contribution in [0.2, 0.25) is 0 Å². The van der Waals surface area contributed by atoms with Crippen molar-refractivity contribution >= 4 is 17.3 Å². The van der Waals surface area contributed by atoms with E-state index >= 15 is 0 Å². The summed E-state index contributed by atoms with van der Waals surface area (Å²) in [4.78, 5) is 12.8. The topological polar surface area (TPSA) is 58.6 Å². The number of aliphatic carboxylic acids is 1. The van der Waals surface area contributed by atoms with E-state index in [0.717, 1.165) is 4.88 Å². The fourth-order valence-corrected chi connectivity index (χ4v) is 3.27. The number of nitrogens with one attached hydrogen (secondary N) is 1. The zero-order valence-electron chi connectivity index (χ0n) is 10.7. The average molecular weight is 269 g/mol. The molecule has 2 heterocycles. The molecule has 0 amide bonds. The summed E-state index contributed by atoms with van der Waals surface area (Å²) in [7, 11) is 0. The van der Waals surface area contributed by atoms with Crippen LogP contribution >= 0.6 is 11.3 Å². The van der Waals surface area contributed by atoms with Gasteiger partial charge in [0.1, 0.15) is 5.54 Å². The molecule has 0 bridgehead atoms. The van der Waals surface area contributed by atoms with Crippen molar-refractivity contribution < 1.29 is 14.6 Å². The molecule has 0 radical (unpaired) electrons. The fourth-order valence-electron chi connectivity index (χ4n) is 2.62. The summed E-state index contributed by atoms with van der Waals surface area (Å²) >= 11 is 1.64. The molecule has 0 aromatic carbocycles. The monoisotopic (exact) mass is 269 g/mol. The van der Waals surface area contributed by atoms with Gasteiger partial charge in [0.25, 0.3) is 0 Å². The molecule has 18 heavy (non-hydrogen) atoms. The molecule has 4 nitrogen and oxygen atoms in total. The van der Waals surface area contributed by atoms with Gasteiger partial charge < -0.3 is 9.84 Å². The van der Waals surface area contributed by atoms with Gasteiger partial charge in [0, 0.05) is 24.3 Å². The minimum Gasteiger partial charge on any atom is -0.480 e. The van der Waals surface area contributed by atoms with E-state index in [9.17, 15) is 9.90 Å². The lowest BCUT2D eigenvalue weighted by atomic mass is 9.84. The van der Waals surface area contributed by atoms with E-state index in [-0.39, 0.29) is 12.2 Å². The van der Waals surface area contributed by atoms with Crippen molar-refractivity contribution in [3.63, 3.8) is 0 Å². The maximum Gasteiger partial charge on any atom is 0.324 e. The number of hydrogen-bond donors (Lipinski definition) is 2. The molecule has 2 N–H and O–H groups in total. The molecule has 0 spiro atoms. The van der Waals surface area contributed by atoms with Gasteiger partial charge in [-0.1, -0.05) is 6.07 Å². The second kappa shape index (κ2) is 5.38. The van der Waals surface area contributed by atoms with Crippen LogP contribution in [0.25, 0.3) is 0 Å². The fraction of sp³-hybridized carbons (Fsp3) is 0.615. The predicted octanol–water partition coefficient (Wildman–Crippen LogP) is 2.25. The van der Waals surface area contributed by atoms with Crippen LogP contribution in [0.3, 0.4) is 0 Å². The normalized spacial score (nSPS) is 32.3. The zero-order chi connectivity index (χ0) is 13.2. The van der Waals surface area contributed by atoms with Crippen LogP contribution in [0, 0.1) is 0 Å². The molecule has 1 aliphatic rings. The summed E-state index contributed by atoms with van der Waals surface area (Å²) in [5.41, 5.74) is -0.860. The van der Waals surface area contributed by atoms with Crippen molar-refractivity contribution in [3.05, 3.63) is 22.4 Å². The Morgan fingerprint density at radius 2 is 2.22 bits per heavy atom. The molecule has 0 saturated carbocycles. The van der Waals surface area contributed by atoms with Crippen molar-refractivity contribution in [2.75, 3.05) is 0 Å². The smallest absolute Gasteiger partial charge is 0.324 e. The Bertz CT molecular complexity index is 394. The Labute approximate surface area is 111 Å². The standard InChI is InChI=1S/C13H19NO3S/c1-9-6-13(12(15)16,7-10(2)17-9)14-8-11-4-3-5-18-11/h3-5,9-10,14H,6-8H2,1-2H3,(H,15,16). The predicted molar refractivity (Wildman–Crippen MR) is 70.8 cm³/mol. The lowest BCUT2D eigenvalue weighted by molar-refractivity contribution is -0.156. The summed E-state index contributed by atoms with van der Waals surface area (Å²) in [6, 6.07) is 3.99. The summed E-state index contributed by atoms with van der Waals surface area (Å²) in [6.07, 6.45) is 0.970. The van der Waals surface area contributed by atoms with E-state index in [0.29, 0.717) is 19.4 Å². The molecular formula is C13H19NO3S. The highest BCUT2D eigenvalue weighted by Crippen LogP contribution is 2.29. The molecule has 100 valence electrons. The maximum absolute atomic E-state index is 11.6. The van der Waals surface area contributed by atoms with Crippen LogP contribution in [0.4, 0.5) is 0 Å². The van der Waals surface area contributed by atoms with Gasteiger partial charge in [0.2, 0.25) is 0 Å². The number of hydrogen-bond acceptors (Lipinski definition) is 4. The first-order valence-corrected chi connectivity index (χ1v) is 7.06. The maximum atomic E-state index is 11.6. The van der Waals surface area contributed by atoms with Gasteiger partial charge in [0.15, 0.2) is 0 Å². The quantitative estimate of drug-likeness (QED) is 0.880. The van der Waals surface area contributed by atoms with Crippen LogP contribution in [-0.2, 0) is 16.1 Å². The van der Waals surface area contributed by atoms with E-state index in [4.69, 9.17) is 4.74 Å². The highest BCUT2D eigenvalue weighted by Gasteiger charge is 2.44. The van der Waals surface area contributed by atoms with Gasteiger partial charge in [0.05, 0.1) is 12.2 Å². The van der Waals surface area contributed by atoms with Crippen LogP contribution in [-0.4, -0.2) is 28.8 Å². The number of rotatable bonds is 4. The minimum absolute atomic E-state index is 0.0271. The lowest BCUT2D eigenvalue weighted by Crippen LogP contribution is -2.58. The first kappa shape index (κ1) is 13.5. The molecule has 1 aliphatic heterocycles. The number of carboxylic acid groups (broad SMARTS) is 1. The van der Waals surface area contributed by atoms with Gasteiger partial charge in [-0.05, 0) is 25.3 Å². The summed E-state index contributed by atoms with van der Waals surface area (Å²) in [5, 5.41) is 14.8. The second-order valence-electron chi connectivity index (χ2n) is 4.99. The van der Waals surface area contributed by atoms with E-state index in [1.54, 1.807) is 11.3 Å².